The van der Waals surface area contributed by atoms with Gasteiger partial charge in [-0.25, -0.2) is 0 Å². The maximum atomic E-state index is 4.43. The lowest BCUT2D eigenvalue weighted by Gasteiger charge is -2.21. The first-order valence-electron chi connectivity index (χ1n) is 6.69. The Morgan fingerprint density at radius 3 is 3.00 bits per heavy atom. The topological polar surface area (TPSA) is 42.7 Å². The zero-order valence-corrected chi connectivity index (χ0v) is 10.3. The highest BCUT2D eigenvalue weighted by Gasteiger charge is 2.27. The molecule has 1 aromatic heterocycles. The molecule has 1 aromatic carbocycles. The smallest absolute Gasteiger partial charge is 0.154 e. The largest absolute Gasteiger partial charge is 0.307 e. The number of nitrogens with one attached hydrogen (secondary N) is 1. The number of aryl methyl sites for hydroxylation is 2. The van der Waals surface area contributed by atoms with Crippen LogP contribution in [0.1, 0.15) is 36.1 Å². The van der Waals surface area contributed by atoms with Gasteiger partial charge in [0.2, 0.25) is 0 Å². The molecule has 2 aromatic rings. The van der Waals surface area contributed by atoms with Gasteiger partial charge in [0, 0.05) is 6.42 Å². The highest BCUT2D eigenvalue weighted by molar-refractivity contribution is 5.45. The lowest BCUT2D eigenvalue weighted by Crippen LogP contribution is -2.20. The second-order valence-electron chi connectivity index (χ2n) is 5.09. The van der Waals surface area contributed by atoms with E-state index in [4.69, 9.17) is 0 Å². The zero-order chi connectivity index (χ0) is 11.9. The molecular formula is C14H16N4. The van der Waals surface area contributed by atoms with Crippen molar-refractivity contribution >= 4 is 0 Å². The van der Waals surface area contributed by atoms with Crippen molar-refractivity contribution in [3.63, 3.8) is 0 Å². The van der Waals surface area contributed by atoms with Crippen LogP contribution in [0, 0.1) is 0 Å². The van der Waals surface area contributed by atoms with Crippen LogP contribution in [-0.2, 0) is 12.8 Å². The summed E-state index contributed by atoms with van der Waals surface area (Å²) in [5.74, 6) is 2.20. The van der Waals surface area contributed by atoms with Gasteiger partial charge < -0.3 is 5.32 Å². The number of rotatable bonds is 1. The first-order chi connectivity index (χ1) is 8.93. The lowest BCUT2D eigenvalue weighted by molar-refractivity contribution is 0.585. The van der Waals surface area contributed by atoms with Crippen molar-refractivity contribution in [3.8, 4) is 5.69 Å². The van der Waals surface area contributed by atoms with Crippen LogP contribution in [0.4, 0.5) is 0 Å². The van der Waals surface area contributed by atoms with Gasteiger partial charge in [-0.15, -0.1) is 10.2 Å². The Morgan fingerprint density at radius 2 is 2.11 bits per heavy atom. The third-order valence-electron chi connectivity index (χ3n) is 3.98. The van der Waals surface area contributed by atoms with E-state index in [1.807, 2.05) is 0 Å². The summed E-state index contributed by atoms with van der Waals surface area (Å²) in [5, 5.41) is 12.3. The standard InChI is InChI=1S/C14H16N4/c1-2-6-12-10(4-1)7-8-13-16-17-14(18(12)13)11-5-3-9-15-11/h1-2,4,6,11,15H,3,5,7-9H2/t11-/m0/s1. The Morgan fingerprint density at radius 1 is 1.17 bits per heavy atom. The molecule has 1 fully saturated rings. The minimum Gasteiger partial charge on any atom is -0.307 e. The van der Waals surface area contributed by atoms with Crippen LogP contribution >= 0.6 is 0 Å². The number of aromatic nitrogens is 3. The van der Waals surface area contributed by atoms with E-state index >= 15 is 0 Å². The number of nitrogens with zero attached hydrogens (tertiary/aromatic N) is 3. The molecule has 4 nitrogen and oxygen atoms in total. The van der Waals surface area contributed by atoms with Gasteiger partial charge in [-0.3, -0.25) is 4.57 Å². The molecule has 4 heteroatoms. The first kappa shape index (κ1) is 10.3. The van der Waals surface area contributed by atoms with Gasteiger partial charge in [0.15, 0.2) is 5.82 Å². The molecule has 3 heterocycles. The molecule has 1 atom stereocenters. The Labute approximate surface area is 106 Å². The van der Waals surface area contributed by atoms with Crippen molar-refractivity contribution in [2.45, 2.75) is 31.7 Å². The number of benzene rings is 1. The number of para-hydroxylation sites is 1. The number of hydrogen-bond donors (Lipinski definition) is 1. The Balaban J connectivity index is 1.88. The van der Waals surface area contributed by atoms with Gasteiger partial charge in [-0.2, -0.15) is 0 Å². The summed E-state index contributed by atoms with van der Waals surface area (Å²) < 4.78 is 2.27. The second kappa shape index (κ2) is 3.92. The highest BCUT2D eigenvalue weighted by Crippen LogP contribution is 2.29. The average molecular weight is 240 g/mol. The van der Waals surface area contributed by atoms with Gasteiger partial charge in [0.1, 0.15) is 5.82 Å². The predicted molar refractivity (Wildman–Crippen MR) is 68.7 cm³/mol. The molecule has 0 aliphatic carbocycles. The van der Waals surface area contributed by atoms with Crippen LogP contribution in [0.15, 0.2) is 24.3 Å². The zero-order valence-electron chi connectivity index (χ0n) is 10.3. The van der Waals surface area contributed by atoms with E-state index in [9.17, 15) is 0 Å². The molecule has 0 unspecified atom stereocenters. The molecule has 0 amide bonds. The molecule has 92 valence electrons. The van der Waals surface area contributed by atoms with Crippen LogP contribution in [0.5, 0.6) is 0 Å². The average Bonchev–Trinajstić information content (AvgIpc) is 3.07. The van der Waals surface area contributed by atoms with Crippen molar-refractivity contribution in [1.29, 1.82) is 0 Å². The lowest BCUT2D eigenvalue weighted by atomic mass is 10.0. The van der Waals surface area contributed by atoms with Crippen molar-refractivity contribution < 1.29 is 0 Å². The summed E-state index contributed by atoms with van der Waals surface area (Å²) in [6.07, 6.45) is 4.47. The van der Waals surface area contributed by atoms with Gasteiger partial charge >= 0.3 is 0 Å². The summed E-state index contributed by atoms with van der Waals surface area (Å²) in [6.45, 7) is 1.09. The quantitative estimate of drug-likeness (QED) is 0.826. The van der Waals surface area contributed by atoms with Crippen LogP contribution in [0.25, 0.3) is 5.69 Å². The number of fused-ring (bicyclic) bond motifs is 3. The summed E-state index contributed by atoms with van der Waals surface area (Å²) in [4.78, 5) is 0. The van der Waals surface area contributed by atoms with E-state index in [2.05, 4.69) is 44.3 Å². The first-order valence-corrected chi connectivity index (χ1v) is 6.69. The van der Waals surface area contributed by atoms with Crippen molar-refractivity contribution in [2.75, 3.05) is 6.54 Å². The SMILES string of the molecule is c1ccc2c(c1)CCc1nnc([C@@H]3CCCN3)n1-2. The molecule has 0 saturated carbocycles. The normalized spacial score (nSPS) is 21.7. The van der Waals surface area contributed by atoms with Gasteiger partial charge in [-0.1, -0.05) is 18.2 Å². The van der Waals surface area contributed by atoms with Crippen molar-refractivity contribution in [1.82, 2.24) is 20.1 Å². The molecule has 2 aliphatic heterocycles. The van der Waals surface area contributed by atoms with Crippen LogP contribution < -0.4 is 5.32 Å². The molecule has 18 heavy (non-hydrogen) atoms. The molecule has 0 radical (unpaired) electrons. The van der Waals surface area contributed by atoms with Gasteiger partial charge in [-0.05, 0) is 37.4 Å². The van der Waals surface area contributed by atoms with Crippen LogP contribution in [0.2, 0.25) is 0 Å². The van der Waals surface area contributed by atoms with E-state index in [-0.39, 0.29) is 0 Å². The Bertz CT molecular complexity index is 581. The monoisotopic (exact) mass is 240 g/mol. The van der Waals surface area contributed by atoms with E-state index < -0.39 is 0 Å². The van der Waals surface area contributed by atoms with Crippen molar-refractivity contribution in [2.24, 2.45) is 0 Å². The Hall–Kier alpha value is -1.68. The number of hydrogen-bond acceptors (Lipinski definition) is 3. The molecule has 0 spiro atoms. The minimum atomic E-state index is 0.373. The third-order valence-corrected chi connectivity index (χ3v) is 3.98. The fourth-order valence-corrected chi connectivity index (χ4v) is 3.07. The van der Waals surface area contributed by atoms with E-state index in [0.29, 0.717) is 6.04 Å². The van der Waals surface area contributed by atoms with Crippen molar-refractivity contribution in [3.05, 3.63) is 41.5 Å². The summed E-state index contributed by atoms with van der Waals surface area (Å²) >= 11 is 0. The maximum absolute atomic E-state index is 4.43. The van der Waals surface area contributed by atoms with Gasteiger partial charge in [0.05, 0.1) is 11.7 Å². The molecule has 4 rings (SSSR count). The molecule has 2 aliphatic rings. The fraction of sp³-hybridized carbons (Fsp3) is 0.429. The summed E-state index contributed by atoms with van der Waals surface area (Å²) in [5.41, 5.74) is 2.68. The van der Waals surface area contributed by atoms with E-state index in [1.165, 1.54) is 24.1 Å². The van der Waals surface area contributed by atoms with Crippen LogP contribution in [-0.4, -0.2) is 21.3 Å². The van der Waals surface area contributed by atoms with Crippen LogP contribution in [0.3, 0.4) is 0 Å². The maximum Gasteiger partial charge on any atom is 0.154 e. The fourth-order valence-electron chi connectivity index (χ4n) is 3.07. The van der Waals surface area contributed by atoms with E-state index in [1.54, 1.807) is 0 Å². The molecule has 1 saturated heterocycles. The molecule has 1 N–H and O–H groups in total. The predicted octanol–water partition coefficient (Wildman–Crippen LogP) is 1.79. The molecular weight excluding hydrogens is 224 g/mol. The Kier molecular flexibility index (Phi) is 2.23. The summed E-state index contributed by atoms with van der Waals surface area (Å²) in [7, 11) is 0. The third kappa shape index (κ3) is 1.42. The van der Waals surface area contributed by atoms with E-state index in [0.717, 1.165) is 31.0 Å². The van der Waals surface area contributed by atoms with Gasteiger partial charge in [0.25, 0.3) is 0 Å². The second-order valence-corrected chi connectivity index (χ2v) is 5.09. The highest BCUT2D eigenvalue weighted by atomic mass is 15.3. The summed E-state index contributed by atoms with van der Waals surface area (Å²) in [6, 6.07) is 8.98. The molecule has 0 bridgehead atoms. The minimum absolute atomic E-state index is 0.373.